The number of aromatic carboxylic acids is 1. The molecule has 0 radical (unpaired) electrons. The molecule has 0 spiro atoms. The lowest BCUT2D eigenvalue weighted by atomic mass is 10.0. The van der Waals surface area contributed by atoms with Crippen LogP contribution in [0.2, 0.25) is 0 Å². The molecule has 1 fully saturated rings. The summed E-state index contributed by atoms with van der Waals surface area (Å²) in [7, 11) is 0. The Morgan fingerprint density at radius 1 is 1.42 bits per heavy atom. The molecule has 19 heavy (non-hydrogen) atoms. The van der Waals surface area contributed by atoms with Crippen molar-refractivity contribution in [1.29, 1.82) is 0 Å². The van der Waals surface area contributed by atoms with Gasteiger partial charge in [-0.3, -0.25) is 4.79 Å². The van der Waals surface area contributed by atoms with Crippen LogP contribution in [0, 0.1) is 5.92 Å². The summed E-state index contributed by atoms with van der Waals surface area (Å²) in [6, 6.07) is 3.81. The van der Waals surface area contributed by atoms with E-state index in [1.165, 1.54) is 12.1 Å². The van der Waals surface area contributed by atoms with Crippen LogP contribution in [0.5, 0.6) is 5.75 Å². The Morgan fingerprint density at radius 3 is 2.74 bits per heavy atom. The van der Waals surface area contributed by atoms with E-state index >= 15 is 0 Å². The van der Waals surface area contributed by atoms with Crippen molar-refractivity contribution in [3.8, 4) is 5.75 Å². The number of hydrogen-bond donors (Lipinski definition) is 3. The van der Waals surface area contributed by atoms with Crippen molar-refractivity contribution in [1.82, 2.24) is 0 Å². The van der Waals surface area contributed by atoms with Gasteiger partial charge in [0.05, 0.1) is 23.3 Å². The molecule has 1 aromatic carbocycles. The van der Waals surface area contributed by atoms with Crippen molar-refractivity contribution in [2.24, 2.45) is 5.92 Å². The lowest BCUT2D eigenvalue weighted by Crippen LogP contribution is -2.28. The quantitative estimate of drug-likeness (QED) is 0.719. The fourth-order valence-corrected chi connectivity index (χ4v) is 2.12. The van der Waals surface area contributed by atoms with Gasteiger partial charge in [0, 0.05) is 6.61 Å². The zero-order chi connectivity index (χ0) is 14.0. The number of carboxylic acids is 1. The number of phenols is 1. The molecule has 6 nitrogen and oxygen atoms in total. The highest BCUT2D eigenvalue weighted by atomic mass is 16.5. The van der Waals surface area contributed by atoms with Crippen molar-refractivity contribution < 1.29 is 24.5 Å². The molecule has 1 aliphatic rings. The maximum absolute atomic E-state index is 12.0. The number of phenolic OH excluding ortho intramolecular Hbond substituents is 1. The SMILES string of the molecule is CC1OCCC1C(=O)Nc1ccc(O)cc1C(=O)O. The topological polar surface area (TPSA) is 95.9 Å². The maximum atomic E-state index is 12.0. The summed E-state index contributed by atoms with van der Waals surface area (Å²) < 4.78 is 5.30. The maximum Gasteiger partial charge on any atom is 0.337 e. The zero-order valence-electron chi connectivity index (χ0n) is 10.4. The molecule has 1 saturated heterocycles. The lowest BCUT2D eigenvalue weighted by molar-refractivity contribution is -0.121. The van der Waals surface area contributed by atoms with E-state index in [1.807, 2.05) is 6.92 Å². The first-order valence-electron chi connectivity index (χ1n) is 5.98. The second kappa shape index (κ2) is 5.27. The minimum absolute atomic E-state index is 0.139. The van der Waals surface area contributed by atoms with Crippen LogP contribution in [0.4, 0.5) is 5.69 Å². The van der Waals surface area contributed by atoms with Gasteiger partial charge in [-0.05, 0) is 31.5 Å². The fourth-order valence-electron chi connectivity index (χ4n) is 2.12. The van der Waals surface area contributed by atoms with Crippen LogP contribution in [0.3, 0.4) is 0 Å². The summed E-state index contributed by atoms with van der Waals surface area (Å²) >= 11 is 0. The largest absolute Gasteiger partial charge is 0.508 e. The first-order chi connectivity index (χ1) is 8.99. The molecule has 102 valence electrons. The van der Waals surface area contributed by atoms with Crippen LogP contribution in [-0.2, 0) is 9.53 Å². The highest BCUT2D eigenvalue weighted by Gasteiger charge is 2.31. The Labute approximate surface area is 110 Å². The molecule has 1 amide bonds. The molecule has 2 atom stereocenters. The molecule has 0 aromatic heterocycles. The van der Waals surface area contributed by atoms with Crippen LogP contribution in [0.25, 0.3) is 0 Å². The summed E-state index contributed by atoms with van der Waals surface area (Å²) in [6.45, 7) is 2.34. The number of aromatic hydroxyl groups is 1. The van der Waals surface area contributed by atoms with Crippen LogP contribution >= 0.6 is 0 Å². The second-order valence-corrected chi connectivity index (χ2v) is 4.50. The summed E-state index contributed by atoms with van der Waals surface area (Å²) in [5.41, 5.74) is 0.0364. The van der Waals surface area contributed by atoms with Crippen molar-refractivity contribution in [2.45, 2.75) is 19.4 Å². The molecule has 3 N–H and O–H groups in total. The van der Waals surface area contributed by atoms with E-state index in [1.54, 1.807) is 0 Å². The molecule has 1 heterocycles. The number of carbonyl (C=O) groups is 2. The van der Waals surface area contributed by atoms with Gasteiger partial charge in [0.2, 0.25) is 5.91 Å². The molecule has 2 rings (SSSR count). The van der Waals surface area contributed by atoms with E-state index in [9.17, 15) is 14.7 Å². The number of carboxylic acid groups (broad SMARTS) is 1. The molecule has 1 aliphatic heterocycles. The van der Waals surface area contributed by atoms with Gasteiger partial charge in [-0.15, -0.1) is 0 Å². The summed E-state index contributed by atoms with van der Waals surface area (Å²) in [4.78, 5) is 23.1. The van der Waals surface area contributed by atoms with Crippen LogP contribution in [0.1, 0.15) is 23.7 Å². The van der Waals surface area contributed by atoms with Crippen molar-refractivity contribution in [3.63, 3.8) is 0 Å². The summed E-state index contributed by atoms with van der Waals surface area (Å²) in [5, 5.41) is 20.9. The Morgan fingerprint density at radius 2 is 2.16 bits per heavy atom. The van der Waals surface area contributed by atoms with Crippen LogP contribution in [0.15, 0.2) is 18.2 Å². The predicted octanol–water partition coefficient (Wildman–Crippen LogP) is 1.45. The van der Waals surface area contributed by atoms with Gasteiger partial charge < -0.3 is 20.3 Å². The molecule has 2 unspecified atom stereocenters. The number of anilines is 1. The number of ether oxygens (including phenoxy) is 1. The molecule has 0 saturated carbocycles. The van der Waals surface area contributed by atoms with E-state index in [0.717, 1.165) is 6.07 Å². The number of rotatable bonds is 3. The minimum atomic E-state index is -1.21. The predicted molar refractivity (Wildman–Crippen MR) is 67.2 cm³/mol. The van der Waals surface area contributed by atoms with Gasteiger partial charge in [0.25, 0.3) is 0 Å². The second-order valence-electron chi connectivity index (χ2n) is 4.50. The van der Waals surface area contributed by atoms with Gasteiger partial charge in [0.1, 0.15) is 5.75 Å². The van der Waals surface area contributed by atoms with Crippen LogP contribution in [-0.4, -0.2) is 34.8 Å². The molecule has 0 bridgehead atoms. The van der Waals surface area contributed by atoms with Gasteiger partial charge in [-0.1, -0.05) is 0 Å². The van der Waals surface area contributed by atoms with Gasteiger partial charge in [-0.25, -0.2) is 4.79 Å². The van der Waals surface area contributed by atoms with E-state index in [4.69, 9.17) is 9.84 Å². The highest BCUT2D eigenvalue weighted by molar-refractivity contribution is 6.01. The third-order valence-corrected chi connectivity index (χ3v) is 3.20. The van der Waals surface area contributed by atoms with Gasteiger partial charge in [0.15, 0.2) is 0 Å². The van der Waals surface area contributed by atoms with E-state index < -0.39 is 5.97 Å². The van der Waals surface area contributed by atoms with Crippen LogP contribution < -0.4 is 5.32 Å². The third-order valence-electron chi connectivity index (χ3n) is 3.20. The Balaban J connectivity index is 2.19. The van der Waals surface area contributed by atoms with Crippen molar-refractivity contribution in [3.05, 3.63) is 23.8 Å². The first-order valence-corrected chi connectivity index (χ1v) is 5.98. The van der Waals surface area contributed by atoms with E-state index in [-0.39, 0.29) is 34.9 Å². The van der Waals surface area contributed by atoms with Crippen molar-refractivity contribution in [2.75, 3.05) is 11.9 Å². The first kappa shape index (κ1) is 13.4. The smallest absolute Gasteiger partial charge is 0.337 e. The molecular weight excluding hydrogens is 250 g/mol. The number of benzene rings is 1. The molecule has 0 aliphatic carbocycles. The Bertz CT molecular complexity index is 514. The van der Waals surface area contributed by atoms with Crippen molar-refractivity contribution >= 4 is 17.6 Å². The normalized spacial score (nSPS) is 22.2. The number of carbonyl (C=O) groups excluding carboxylic acids is 1. The average Bonchev–Trinajstić information content (AvgIpc) is 2.77. The Hall–Kier alpha value is -2.08. The van der Waals surface area contributed by atoms with E-state index in [0.29, 0.717) is 13.0 Å². The average molecular weight is 265 g/mol. The minimum Gasteiger partial charge on any atom is -0.508 e. The number of hydrogen-bond acceptors (Lipinski definition) is 4. The molecule has 1 aromatic rings. The van der Waals surface area contributed by atoms with E-state index in [2.05, 4.69) is 5.32 Å². The monoisotopic (exact) mass is 265 g/mol. The van der Waals surface area contributed by atoms with Gasteiger partial charge in [-0.2, -0.15) is 0 Å². The summed E-state index contributed by atoms with van der Waals surface area (Å²) in [5.74, 6) is -1.91. The van der Waals surface area contributed by atoms with Gasteiger partial charge >= 0.3 is 5.97 Å². The molecule has 6 heteroatoms. The fraction of sp³-hybridized carbons (Fsp3) is 0.385. The summed E-state index contributed by atoms with van der Waals surface area (Å²) in [6.07, 6.45) is 0.443. The lowest BCUT2D eigenvalue weighted by Gasteiger charge is -2.15. The highest BCUT2D eigenvalue weighted by Crippen LogP contribution is 2.25. The Kier molecular flexibility index (Phi) is 3.71. The third kappa shape index (κ3) is 2.85. The molecular formula is C13H15NO5. The standard InChI is InChI=1S/C13H15NO5/c1-7-9(4-5-19-7)12(16)14-11-3-2-8(15)6-10(11)13(17)18/h2-3,6-7,9,15H,4-5H2,1H3,(H,14,16)(H,17,18). The number of nitrogens with one attached hydrogen (secondary N) is 1. The zero-order valence-corrected chi connectivity index (χ0v) is 10.4. The number of amides is 1.